The van der Waals surface area contributed by atoms with Gasteiger partial charge in [-0.2, -0.15) is 0 Å². The van der Waals surface area contributed by atoms with Crippen molar-refractivity contribution in [2.45, 2.75) is 63.5 Å². The van der Waals surface area contributed by atoms with Gasteiger partial charge >= 0.3 is 0 Å². The Morgan fingerprint density at radius 2 is 1.69 bits per heavy atom. The lowest BCUT2D eigenvalue weighted by Crippen LogP contribution is -2.61. The van der Waals surface area contributed by atoms with E-state index >= 15 is 0 Å². The molecule has 2 aromatic carbocycles. The summed E-state index contributed by atoms with van der Waals surface area (Å²) in [5.41, 5.74) is 1.90. The molecule has 4 fully saturated rings. The molecule has 5 heteroatoms. The van der Waals surface area contributed by atoms with Gasteiger partial charge in [-0.3, -0.25) is 9.59 Å². The third-order valence-electron chi connectivity index (χ3n) is 7.78. The lowest BCUT2D eigenvalue weighted by atomic mass is 9.52. The molecule has 0 spiro atoms. The molecule has 4 aliphatic rings. The Kier molecular flexibility index (Phi) is 5.40. The summed E-state index contributed by atoms with van der Waals surface area (Å²) in [6.07, 6.45) is 6.25. The van der Waals surface area contributed by atoms with Gasteiger partial charge in [0.25, 0.3) is 5.91 Å². The number of carbonyl (C=O) groups excluding carboxylic acids is 2. The van der Waals surface area contributed by atoms with E-state index in [0.717, 1.165) is 44.1 Å². The van der Waals surface area contributed by atoms with Gasteiger partial charge in [-0.05, 0) is 98.2 Å². The van der Waals surface area contributed by atoms with Gasteiger partial charge in [0, 0.05) is 22.7 Å². The lowest BCUT2D eigenvalue weighted by molar-refractivity contribution is -0.136. The van der Waals surface area contributed by atoms with Crippen LogP contribution in [0.5, 0.6) is 0 Å². The van der Waals surface area contributed by atoms with E-state index in [0.29, 0.717) is 40.9 Å². The van der Waals surface area contributed by atoms with E-state index in [2.05, 4.69) is 12.2 Å². The van der Waals surface area contributed by atoms with Crippen LogP contribution in [0, 0.1) is 23.6 Å². The summed E-state index contributed by atoms with van der Waals surface area (Å²) >= 11 is 0. The first-order valence-corrected chi connectivity index (χ1v) is 11.8. The number of ketones is 1. The molecular weight excluding hydrogens is 405 g/mol. The van der Waals surface area contributed by atoms with Crippen LogP contribution in [-0.2, 0) is 6.42 Å². The highest BCUT2D eigenvalue weighted by Gasteiger charge is 2.55. The standard InChI is InChI=1S/C27H30FNO3/c1-2-3-18-12-19(25(30)17-4-7-22(28)8-5-17)6-9-23(18)26(31)29-24-20-10-16-11-21(24)15-27(32,13-16)14-20/h4-9,12,16,20-21,24,32H,2-3,10-11,13-15H2,1H3,(H,29,31). The van der Waals surface area contributed by atoms with Crippen LogP contribution >= 0.6 is 0 Å². The predicted octanol–water partition coefficient (Wildman–Crippen LogP) is 4.68. The van der Waals surface area contributed by atoms with Gasteiger partial charge in [-0.15, -0.1) is 0 Å². The maximum Gasteiger partial charge on any atom is 0.251 e. The van der Waals surface area contributed by atoms with E-state index in [-0.39, 0.29) is 23.5 Å². The second kappa shape index (κ2) is 8.11. The topological polar surface area (TPSA) is 66.4 Å². The van der Waals surface area contributed by atoms with Gasteiger partial charge in [0.2, 0.25) is 0 Å². The van der Waals surface area contributed by atoms with Crippen molar-refractivity contribution >= 4 is 11.7 Å². The normalized spacial score (nSPS) is 30.3. The molecule has 4 nitrogen and oxygen atoms in total. The number of nitrogens with one attached hydrogen (secondary N) is 1. The number of halogens is 1. The fraction of sp³-hybridized carbons (Fsp3) is 0.481. The first-order chi connectivity index (χ1) is 15.3. The fourth-order valence-electron chi connectivity index (χ4n) is 6.65. The van der Waals surface area contributed by atoms with Crippen LogP contribution < -0.4 is 5.32 Å². The first kappa shape index (κ1) is 21.3. The molecule has 4 saturated carbocycles. The molecule has 32 heavy (non-hydrogen) atoms. The quantitative estimate of drug-likeness (QED) is 0.648. The van der Waals surface area contributed by atoms with Crippen LogP contribution in [0.3, 0.4) is 0 Å². The zero-order valence-corrected chi connectivity index (χ0v) is 18.4. The molecule has 0 radical (unpaired) electrons. The number of amides is 1. The van der Waals surface area contributed by atoms with Crippen LogP contribution in [0.25, 0.3) is 0 Å². The summed E-state index contributed by atoms with van der Waals surface area (Å²) in [5, 5.41) is 14.1. The van der Waals surface area contributed by atoms with E-state index in [9.17, 15) is 19.1 Å². The highest BCUT2D eigenvalue weighted by atomic mass is 19.1. The summed E-state index contributed by atoms with van der Waals surface area (Å²) < 4.78 is 13.2. The van der Waals surface area contributed by atoms with Crippen LogP contribution in [0.15, 0.2) is 42.5 Å². The Bertz CT molecular complexity index is 1030. The second-order valence-electron chi connectivity index (χ2n) is 10.2. The van der Waals surface area contributed by atoms with Crippen LogP contribution in [0.1, 0.15) is 77.3 Å². The third-order valence-corrected chi connectivity index (χ3v) is 7.78. The van der Waals surface area contributed by atoms with Gasteiger partial charge in [0.1, 0.15) is 5.82 Å². The Morgan fingerprint density at radius 1 is 1.03 bits per heavy atom. The van der Waals surface area contributed by atoms with Crippen LogP contribution in [-0.4, -0.2) is 28.4 Å². The largest absolute Gasteiger partial charge is 0.390 e. The third kappa shape index (κ3) is 3.88. The molecule has 2 unspecified atom stereocenters. The summed E-state index contributed by atoms with van der Waals surface area (Å²) in [6, 6.07) is 10.9. The average Bonchev–Trinajstić information content (AvgIpc) is 2.75. The van der Waals surface area contributed by atoms with Gasteiger partial charge in [0.05, 0.1) is 5.60 Å². The van der Waals surface area contributed by atoms with Crippen molar-refractivity contribution < 1.29 is 19.1 Å². The van der Waals surface area contributed by atoms with E-state index in [1.165, 1.54) is 24.3 Å². The Morgan fingerprint density at radius 3 is 2.31 bits per heavy atom. The Hall–Kier alpha value is -2.53. The zero-order chi connectivity index (χ0) is 22.5. The Balaban J connectivity index is 1.36. The van der Waals surface area contributed by atoms with Crippen molar-refractivity contribution in [1.29, 1.82) is 0 Å². The first-order valence-electron chi connectivity index (χ1n) is 11.8. The van der Waals surface area contributed by atoms with Crippen LogP contribution in [0.4, 0.5) is 4.39 Å². The number of carbonyl (C=O) groups is 2. The predicted molar refractivity (Wildman–Crippen MR) is 120 cm³/mol. The van der Waals surface area contributed by atoms with Crippen molar-refractivity contribution in [3.05, 3.63) is 70.5 Å². The minimum absolute atomic E-state index is 0.0845. The number of aliphatic hydroxyl groups is 1. The molecule has 0 heterocycles. The minimum atomic E-state index is -0.520. The molecule has 0 aromatic heterocycles. The molecule has 1 amide bonds. The molecule has 168 valence electrons. The van der Waals surface area contributed by atoms with E-state index in [1.54, 1.807) is 12.1 Å². The van der Waals surface area contributed by atoms with Crippen molar-refractivity contribution in [2.24, 2.45) is 17.8 Å². The van der Waals surface area contributed by atoms with E-state index in [4.69, 9.17) is 0 Å². The monoisotopic (exact) mass is 435 g/mol. The van der Waals surface area contributed by atoms with E-state index < -0.39 is 5.60 Å². The van der Waals surface area contributed by atoms with Crippen molar-refractivity contribution in [1.82, 2.24) is 5.32 Å². The van der Waals surface area contributed by atoms with Gasteiger partial charge in [-0.25, -0.2) is 4.39 Å². The number of hydrogen-bond acceptors (Lipinski definition) is 3. The second-order valence-corrected chi connectivity index (χ2v) is 10.2. The molecule has 0 saturated heterocycles. The number of aryl methyl sites for hydroxylation is 1. The molecule has 2 N–H and O–H groups in total. The average molecular weight is 436 g/mol. The minimum Gasteiger partial charge on any atom is -0.390 e. The van der Waals surface area contributed by atoms with Gasteiger partial charge in [-0.1, -0.05) is 19.4 Å². The number of rotatable bonds is 6. The smallest absolute Gasteiger partial charge is 0.251 e. The maximum atomic E-state index is 13.3. The van der Waals surface area contributed by atoms with Gasteiger partial charge < -0.3 is 10.4 Å². The van der Waals surface area contributed by atoms with Crippen molar-refractivity contribution in [3.63, 3.8) is 0 Å². The van der Waals surface area contributed by atoms with Gasteiger partial charge in [0.15, 0.2) is 5.78 Å². The molecule has 0 aliphatic heterocycles. The van der Waals surface area contributed by atoms with Crippen molar-refractivity contribution in [2.75, 3.05) is 0 Å². The highest BCUT2D eigenvalue weighted by Crippen LogP contribution is 2.55. The van der Waals surface area contributed by atoms with Crippen molar-refractivity contribution in [3.8, 4) is 0 Å². The molecule has 4 aliphatic carbocycles. The summed E-state index contributed by atoms with van der Waals surface area (Å²) in [4.78, 5) is 26.2. The summed E-state index contributed by atoms with van der Waals surface area (Å²) in [6.45, 7) is 2.05. The fourth-order valence-corrected chi connectivity index (χ4v) is 6.65. The maximum absolute atomic E-state index is 13.3. The molecule has 2 atom stereocenters. The SMILES string of the molecule is CCCc1cc(C(=O)c2ccc(F)cc2)ccc1C(=O)NC1C2CC3CC1CC(O)(C3)C2. The molecule has 2 aromatic rings. The zero-order valence-electron chi connectivity index (χ0n) is 18.4. The highest BCUT2D eigenvalue weighted by molar-refractivity contribution is 6.09. The molecular formula is C27H30FNO3. The number of benzene rings is 2. The molecule has 6 rings (SSSR count). The van der Waals surface area contributed by atoms with Crippen LogP contribution in [0.2, 0.25) is 0 Å². The molecule has 4 bridgehead atoms. The summed E-state index contributed by atoms with van der Waals surface area (Å²) in [7, 11) is 0. The summed E-state index contributed by atoms with van der Waals surface area (Å²) in [5.74, 6) is 0.658. The Labute approximate surface area is 188 Å². The van der Waals surface area contributed by atoms with E-state index in [1.807, 2.05) is 6.07 Å². The lowest BCUT2D eigenvalue weighted by Gasteiger charge is -2.58. The number of hydrogen-bond donors (Lipinski definition) is 2.